The Morgan fingerprint density at radius 2 is 1.95 bits per heavy atom. The van der Waals surface area contributed by atoms with Crippen LogP contribution >= 0.6 is 0 Å². The zero-order valence-corrected chi connectivity index (χ0v) is 12.4. The van der Waals surface area contributed by atoms with Gasteiger partial charge in [0.2, 0.25) is 5.91 Å². The largest absolute Gasteiger partial charge is 0.497 e. The van der Waals surface area contributed by atoms with Crippen molar-refractivity contribution >= 4 is 15.9 Å². The lowest BCUT2D eigenvalue weighted by Gasteiger charge is -2.12. The van der Waals surface area contributed by atoms with Gasteiger partial charge in [0, 0.05) is 12.0 Å². The summed E-state index contributed by atoms with van der Waals surface area (Å²) < 4.78 is 36.6. The second-order valence-electron chi connectivity index (χ2n) is 4.81. The summed E-state index contributed by atoms with van der Waals surface area (Å²) >= 11 is 0. The first-order valence-corrected chi connectivity index (χ1v) is 7.66. The van der Waals surface area contributed by atoms with E-state index in [-0.39, 0.29) is 22.5 Å². The van der Waals surface area contributed by atoms with E-state index in [0.29, 0.717) is 5.75 Å². The highest BCUT2D eigenvalue weighted by atomic mass is 32.2. The molecule has 0 saturated heterocycles. The van der Waals surface area contributed by atoms with Gasteiger partial charge in [-0.05, 0) is 24.5 Å². The first kappa shape index (κ1) is 14.6. The van der Waals surface area contributed by atoms with Crippen LogP contribution in [0.5, 0.6) is 11.5 Å². The summed E-state index contributed by atoms with van der Waals surface area (Å²) in [4.78, 5) is 11.7. The van der Waals surface area contributed by atoms with E-state index in [1.807, 2.05) is 6.92 Å². The van der Waals surface area contributed by atoms with Crippen molar-refractivity contribution in [2.45, 2.75) is 18.2 Å². The highest BCUT2D eigenvalue weighted by Gasteiger charge is 2.41. The van der Waals surface area contributed by atoms with Crippen LogP contribution in [0.4, 0.5) is 0 Å². The van der Waals surface area contributed by atoms with Crippen molar-refractivity contribution in [3.8, 4) is 11.5 Å². The molecule has 1 N–H and O–H groups in total. The van der Waals surface area contributed by atoms with Gasteiger partial charge >= 0.3 is 0 Å². The van der Waals surface area contributed by atoms with Gasteiger partial charge in [-0.25, -0.2) is 13.1 Å². The number of hydrogen-bond donors (Lipinski definition) is 1. The number of amides is 1. The molecule has 110 valence electrons. The van der Waals surface area contributed by atoms with E-state index in [4.69, 9.17) is 9.47 Å². The molecule has 0 radical (unpaired) electrons. The lowest BCUT2D eigenvalue weighted by Crippen LogP contribution is -2.32. The van der Waals surface area contributed by atoms with E-state index in [2.05, 4.69) is 4.72 Å². The molecule has 0 heterocycles. The fourth-order valence-electron chi connectivity index (χ4n) is 1.94. The molecule has 7 heteroatoms. The Kier molecular flexibility index (Phi) is 3.89. The average Bonchev–Trinajstić information content (AvgIpc) is 3.14. The van der Waals surface area contributed by atoms with Gasteiger partial charge in [-0.3, -0.25) is 4.79 Å². The maximum atomic E-state index is 12.3. The minimum atomic E-state index is -3.97. The molecule has 1 aromatic carbocycles. The summed E-state index contributed by atoms with van der Waals surface area (Å²) in [7, 11) is -1.17. The molecule has 0 aromatic heterocycles. The van der Waals surface area contributed by atoms with E-state index in [9.17, 15) is 13.2 Å². The molecule has 0 spiro atoms. The van der Waals surface area contributed by atoms with Gasteiger partial charge < -0.3 is 9.47 Å². The monoisotopic (exact) mass is 299 g/mol. The molecule has 2 atom stereocenters. The van der Waals surface area contributed by atoms with Crippen molar-refractivity contribution in [1.82, 2.24) is 4.72 Å². The lowest BCUT2D eigenvalue weighted by molar-refractivity contribution is -0.120. The van der Waals surface area contributed by atoms with Gasteiger partial charge in [0.25, 0.3) is 10.0 Å². The Hall–Kier alpha value is -1.76. The van der Waals surface area contributed by atoms with E-state index in [1.54, 1.807) is 6.07 Å². The molecule has 1 amide bonds. The summed E-state index contributed by atoms with van der Waals surface area (Å²) in [5, 5.41) is 0. The standard InChI is InChI=1S/C13H17NO5S/c1-8-6-10(8)13(15)14-20(16,17)12-7-9(18-2)4-5-11(12)19-3/h4-5,7-8,10H,6H2,1-3H3,(H,14,15)/t8-,10+/m1/s1. The van der Waals surface area contributed by atoms with E-state index in [0.717, 1.165) is 6.42 Å². The van der Waals surface area contributed by atoms with E-state index < -0.39 is 15.9 Å². The second-order valence-corrected chi connectivity index (χ2v) is 6.46. The molecular formula is C13H17NO5S. The average molecular weight is 299 g/mol. The van der Waals surface area contributed by atoms with Crippen molar-refractivity contribution in [2.24, 2.45) is 11.8 Å². The normalized spacial score (nSPS) is 21.1. The quantitative estimate of drug-likeness (QED) is 0.882. The van der Waals surface area contributed by atoms with Crippen LogP contribution in [0, 0.1) is 11.8 Å². The molecule has 0 unspecified atom stereocenters. The Morgan fingerprint density at radius 3 is 2.45 bits per heavy atom. The Labute approximate surface area is 118 Å². The predicted octanol–water partition coefficient (Wildman–Crippen LogP) is 1.16. The molecule has 20 heavy (non-hydrogen) atoms. The topological polar surface area (TPSA) is 81.7 Å². The molecule has 1 aliphatic carbocycles. The summed E-state index contributed by atoms with van der Waals surface area (Å²) in [6, 6.07) is 4.39. The van der Waals surface area contributed by atoms with Crippen molar-refractivity contribution in [3.63, 3.8) is 0 Å². The highest BCUT2D eigenvalue weighted by molar-refractivity contribution is 7.90. The lowest BCUT2D eigenvalue weighted by atomic mass is 10.3. The number of carbonyl (C=O) groups excluding carboxylic acids is 1. The number of carbonyl (C=O) groups is 1. The van der Waals surface area contributed by atoms with Gasteiger partial charge in [0.1, 0.15) is 16.4 Å². The van der Waals surface area contributed by atoms with Crippen LogP contribution in [0.1, 0.15) is 13.3 Å². The molecule has 1 aliphatic rings. The molecular weight excluding hydrogens is 282 g/mol. The molecule has 2 rings (SSSR count). The molecule has 1 aromatic rings. The molecule has 0 aliphatic heterocycles. The molecule has 6 nitrogen and oxygen atoms in total. The third-order valence-electron chi connectivity index (χ3n) is 3.34. The van der Waals surface area contributed by atoms with Crippen molar-refractivity contribution in [1.29, 1.82) is 0 Å². The SMILES string of the molecule is COc1ccc(OC)c(S(=O)(=O)NC(=O)[C@H]2C[C@H]2C)c1. The zero-order valence-electron chi connectivity index (χ0n) is 11.5. The second kappa shape index (κ2) is 5.32. The minimum absolute atomic E-state index is 0.110. The smallest absolute Gasteiger partial charge is 0.267 e. The van der Waals surface area contributed by atoms with Gasteiger partial charge in [0.15, 0.2) is 0 Å². The molecule has 0 bridgehead atoms. The number of benzene rings is 1. The predicted molar refractivity (Wildman–Crippen MR) is 72.1 cm³/mol. The van der Waals surface area contributed by atoms with Crippen LogP contribution in [0.2, 0.25) is 0 Å². The first-order valence-electron chi connectivity index (χ1n) is 6.17. The minimum Gasteiger partial charge on any atom is -0.497 e. The Bertz CT molecular complexity index is 626. The fraction of sp³-hybridized carbons (Fsp3) is 0.462. The summed E-state index contributed by atoms with van der Waals surface area (Å²) in [5.41, 5.74) is 0. The van der Waals surface area contributed by atoms with Crippen molar-refractivity contribution < 1.29 is 22.7 Å². The summed E-state index contributed by atoms with van der Waals surface area (Å²) in [6.45, 7) is 1.91. The maximum absolute atomic E-state index is 12.3. The van der Waals surface area contributed by atoms with E-state index >= 15 is 0 Å². The third-order valence-corrected chi connectivity index (χ3v) is 4.71. The molecule has 1 saturated carbocycles. The summed E-state index contributed by atoms with van der Waals surface area (Å²) in [5.74, 6) is 0.0783. The van der Waals surface area contributed by atoms with Gasteiger partial charge in [-0.15, -0.1) is 0 Å². The van der Waals surface area contributed by atoms with Crippen LogP contribution < -0.4 is 14.2 Å². The third kappa shape index (κ3) is 2.87. The van der Waals surface area contributed by atoms with Crippen molar-refractivity contribution in [3.05, 3.63) is 18.2 Å². The van der Waals surface area contributed by atoms with Crippen LogP contribution in [-0.4, -0.2) is 28.5 Å². The van der Waals surface area contributed by atoms with Crippen molar-refractivity contribution in [2.75, 3.05) is 14.2 Å². The van der Waals surface area contributed by atoms with Crippen LogP contribution in [-0.2, 0) is 14.8 Å². The van der Waals surface area contributed by atoms with Gasteiger partial charge in [-0.1, -0.05) is 6.92 Å². The zero-order chi connectivity index (χ0) is 14.9. The fourth-order valence-corrected chi connectivity index (χ4v) is 3.16. The van der Waals surface area contributed by atoms with Crippen LogP contribution in [0.3, 0.4) is 0 Å². The first-order chi connectivity index (χ1) is 9.39. The number of rotatable bonds is 5. The van der Waals surface area contributed by atoms with Crippen LogP contribution in [0.15, 0.2) is 23.1 Å². The molecule has 1 fully saturated rings. The number of ether oxygens (including phenoxy) is 2. The number of hydrogen-bond acceptors (Lipinski definition) is 5. The Morgan fingerprint density at radius 1 is 1.30 bits per heavy atom. The number of sulfonamides is 1. The number of nitrogens with one attached hydrogen (secondary N) is 1. The maximum Gasteiger partial charge on any atom is 0.267 e. The summed E-state index contributed by atoms with van der Waals surface area (Å²) in [6.07, 6.45) is 0.719. The van der Waals surface area contributed by atoms with Gasteiger partial charge in [0.05, 0.1) is 14.2 Å². The highest BCUT2D eigenvalue weighted by Crippen LogP contribution is 2.38. The Balaban J connectivity index is 2.30. The van der Waals surface area contributed by atoms with E-state index in [1.165, 1.54) is 26.4 Å². The van der Waals surface area contributed by atoms with Gasteiger partial charge in [-0.2, -0.15) is 0 Å². The number of methoxy groups -OCH3 is 2. The van der Waals surface area contributed by atoms with Crippen LogP contribution in [0.25, 0.3) is 0 Å².